The number of ether oxygens (including phenoxy) is 1. The fourth-order valence-corrected chi connectivity index (χ4v) is 2.15. The molecule has 0 aliphatic carbocycles. The van der Waals surface area contributed by atoms with Gasteiger partial charge in [0, 0.05) is 12.1 Å². The summed E-state index contributed by atoms with van der Waals surface area (Å²) in [5.74, 6) is 0.904. The molecule has 0 saturated heterocycles. The lowest BCUT2D eigenvalue weighted by Gasteiger charge is -2.23. The topological polar surface area (TPSA) is 41.5 Å². The lowest BCUT2D eigenvalue weighted by atomic mass is 10.0. The summed E-state index contributed by atoms with van der Waals surface area (Å²) in [7, 11) is 0. The highest BCUT2D eigenvalue weighted by Gasteiger charge is 2.13. The molecule has 0 fully saturated rings. The van der Waals surface area contributed by atoms with Crippen LogP contribution in [0.15, 0.2) is 18.2 Å². The fraction of sp³-hybridized carbons (Fsp3) is 0.647. The lowest BCUT2D eigenvalue weighted by Crippen LogP contribution is -2.42. The second-order valence-electron chi connectivity index (χ2n) is 6.20. The molecule has 0 bridgehead atoms. The highest BCUT2D eigenvalue weighted by Crippen LogP contribution is 2.23. The zero-order valence-electron chi connectivity index (χ0n) is 13.5. The van der Waals surface area contributed by atoms with Crippen LogP contribution in [-0.4, -0.2) is 29.9 Å². The van der Waals surface area contributed by atoms with Crippen LogP contribution in [0.5, 0.6) is 5.75 Å². The molecule has 0 aliphatic heterocycles. The van der Waals surface area contributed by atoms with Crippen LogP contribution in [0.1, 0.15) is 45.7 Å². The summed E-state index contributed by atoms with van der Waals surface area (Å²) in [5.41, 5.74) is 2.59. The third-order valence-electron chi connectivity index (χ3n) is 3.26. The summed E-state index contributed by atoms with van der Waals surface area (Å²) in [6, 6.07) is 6.15. The Hall–Kier alpha value is -1.06. The smallest absolute Gasteiger partial charge is 0.122 e. The largest absolute Gasteiger partial charge is 0.491 e. The van der Waals surface area contributed by atoms with Crippen LogP contribution < -0.4 is 10.1 Å². The Morgan fingerprint density at radius 3 is 2.45 bits per heavy atom. The Labute approximate surface area is 123 Å². The molecule has 3 nitrogen and oxygen atoms in total. The Morgan fingerprint density at radius 2 is 1.90 bits per heavy atom. The maximum absolute atomic E-state index is 9.98. The maximum Gasteiger partial charge on any atom is 0.122 e. The summed E-state index contributed by atoms with van der Waals surface area (Å²) in [4.78, 5) is 0. The Kier molecular flexibility index (Phi) is 6.50. The monoisotopic (exact) mass is 279 g/mol. The minimum atomic E-state index is -0.496. The average Bonchev–Trinajstić information content (AvgIpc) is 2.41. The van der Waals surface area contributed by atoms with E-state index >= 15 is 0 Å². The molecule has 0 radical (unpaired) electrons. The summed E-state index contributed by atoms with van der Waals surface area (Å²) < 4.78 is 5.81. The van der Waals surface area contributed by atoms with E-state index in [1.807, 2.05) is 12.1 Å². The predicted molar refractivity (Wildman–Crippen MR) is 84.5 cm³/mol. The molecular formula is C17H29NO2. The first-order valence-corrected chi connectivity index (χ1v) is 7.54. The molecular weight excluding hydrogens is 250 g/mol. The molecule has 0 amide bonds. The molecule has 1 unspecified atom stereocenters. The van der Waals surface area contributed by atoms with E-state index in [0.29, 0.717) is 13.2 Å². The van der Waals surface area contributed by atoms with Crippen molar-refractivity contribution in [3.63, 3.8) is 0 Å². The quantitative estimate of drug-likeness (QED) is 0.806. The molecule has 1 aromatic rings. The molecule has 0 spiro atoms. The normalized spacial score (nSPS) is 13.3. The number of hydrogen-bond acceptors (Lipinski definition) is 3. The summed E-state index contributed by atoms with van der Waals surface area (Å²) in [5, 5.41) is 13.3. The molecule has 20 heavy (non-hydrogen) atoms. The predicted octanol–water partition coefficient (Wildman–Crippen LogP) is 2.94. The van der Waals surface area contributed by atoms with Crippen molar-refractivity contribution >= 4 is 0 Å². The van der Waals surface area contributed by atoms with Crippen molar-refractivity contribution in [1.82, 2.24) is 5.32 Å². The van der Waals surface area contributed by atoms with Gasteiger partial charge >= 0.3 is 0 Å². The molecule has 0 saturated carbocycles. The number of aliphatic hydroxyl groups excluding tert-OH is 1. The molecule has 0 aliphatic rings. The van der Waals surface area contributed by atoms with Crippen LogP contribution in [-0.2, 0) is 12.8 Å². The van der Waals surface area contributed by atoms with Crippen LogP contribution in [0.3, 0.4) is 0 Å². The van der Waals surface area contributed by atoms with E-state index in [9.17, 15) is 5.11 Å². The van der Waals surface area contributed by atoms with Crippen molar-refractivity contribution in [3.05, 3.63) is 29.3 Å². The van der Waals surface area contributed by atoms with Gasteiger partial charge in [-0.25, -0.2) is 0 Å². The number of nitrogens with one attached hydrogen (secondary N) is 1. The van der Waals surface area contributed by atoms with E-state index in [4.69, 9.17) is 4.74 Å². The first kappa shape index (κ1) is 17.0. The molecule has 2 N–H and O–H groups in total. The number of β-amino-alcohol motifs (C(OH)–C–C–N with tert-alkyl or cyclic N) is 1. The van der Waals surface area contributed by atoms with Gasteiger partial charge in [0.1, 0.15) is 18.5 Å². The SMILES string of the molecule is CCc1cccc(OCC(O)CNC(C)(C)C)c1CC. The highest BCUT2D eigenvalue weighted by molar-refractivity contribution is 5.40. The molecule has 3 heteroatoms. The number of aliphatic hydroxyl groups is 1. The standard InChI is InChI=1S/C17H29NO2/c1-6-13-9-8-10-16(15(13)7-2)20-12-14(19)11-18-17(3,4)5/h8-10,14,18-19H,6-7,11-12H2,1-5H3. The van der Waals surface area contributed by atoms with E-state index in [0.717, 1.165) is 18.6 Å². The first-order valence-electron chi connectivity index (χ1n) is 7.54. The van der Waals surface area contributed by atoms with Crippen LogP contribution in [0, 0.1) is 0 Å². The molecule has 1 aromatic carbocycles. The summed E-state index contributed by atoms with van der Waals surface area (Å²) >= 11 is 0. The van der Waals surface area contributed by atoms with E-state index in [1.54, 1.807) is 0 Å². The van der Waals surface area contributed by atoms with Crippen LogP contribution in [0.25, 0.3) is 0 Å². The fourth-order valence-electron chi connectivity index (χ4n) is 2.15. The summed E-state index contributed by atoms with van der Waals surface area (Å²) in [6.07, 6.45) is 1.47. The molecule has 1 atom stereocenters. The number of hydrogen-bond donors (Lipinski definition) is 2. The Balaban J connectivity index is 2.57. The van der Waals surface area contributed by atoms with Crippen molar-refractivity contribution in [3.8, 4) is 5.75 Å². The average molecular weight is 279 g/mol. The number of aryl methyl sites for hydroxylation is 1. The second-order valence-corrected chi connectivity index (χ2v) is 6.20. The van der Waals surface area contributed by atoms with E-state index < -0.39 is 6.10 Å². The van der Waals surface area contributed by atoms with Crippen molar-refractivity contribution in [1.29, 1.82) is 0 Å². The van der Waals surface area contributed by atoms with Gasteiger partial charge in [-0.1, -0.05) is 26.0 Å². The lowest BCUT2D eigenvalue weighted by molar-refractivity contribution is 0.0995. The van der Waals surface area contributed by atoms with Gasteiger partial charge in [-0.15, -0.1) is 0 Å². The molecule has 0 heterocycles. The first-order chi connectivity index (χ1) is 9.37. The van der Waals surface area contributed by atoms with Crippen LogP contribution in [0.2, 0.25) is 0 Å². The number of rotatable bonds is 7. The third kappa shape index (κ3) is 5.51. The van der Waals surface area contributed by atoms with Gasteiger partial charge in [-0.2, -0.15) is 0 Å². The minimum Gasteiger partial charge on any atom is -0.491 e. The van der Waals surface area contributed by atoms with Gasteiger partial charge in [0.05, 0.1) is 0 Å². The van der Waals surface area contributed by atoms with Gasteiger partial charge in [0.2, 0.25) is 0 Å². The zero-order chi connectivity index (χ0) is 15.2. The van der Waals surface area contributed by atoms with Gasteiger partial charge < -0.3 is 15.2 Å². The minimum absolute atomic E-state index is 0.0116. The molecule has 114 valence electrons. The summed E-state index contributed by atoms with van der Waals surface area (Å²) in [6.45, 7) is 11.4. The van der Waals surface area contributed by atoms with Crippen molar-refractivity contribution < 1.29 is 9.84 Å². The molecule has 0 aromatic heterocycles. The third-order valence-corrected chi connectivity index (χ3v) is 3.26. The second kappa shape index (κ2) is 7.65. The van der Waals surface area contributed by atoms with Crippen LogP contribution in [0.4, 0.5) is 0 Å². The van der Waals surface area contributed by atoms with Crippen LogP contribution >= 0.6 is 0 Å². The van der Waals surface area contributed by atoms with E-state index in [1.165, 1.54) is 11.1 Å². The Bertz CT molecular complexity index is 410. The maximum atomic E-state index is 9.98. The van der Waals surface area contributed by atoms with Gasteiger partial charge in [-0.05, 0) is 50.8 Å². The van der Waals surface area contributed by atoms with Gasteiger partial charge in [0.15, 0.2) is 0 Å². The zero-order valence-corrected chi connectivity index (χ0v) is 13.5. The van der Waals surface area contributed by atoms with Crippen molar-refractivity contribution in [2.75, 3.05) is 13.2 Å². The highest BCUT2D eigenvalue weighted by atomic mass is 16.5. The van der Waals surface area contributed by atoms with Gasteiger partial charge in [-0.3, -0.25) is 0 Å². The van der Waals surface area contributed by atoms with E-state index in [-0.39, 0.29) is 5.54 Å². The Morgan fingerprint density at radius 1 is 1.20 bits per heavy atom. The van der Waals surface area contributed by atoms with Crippen molar-refractivity contribution in [2.45, 2.75) is 59.1 Å². The molecule has 1 rings (SSSR count). The van der Waals surface area contributed by atoms with Crippen molar-refractivity contribution in [2.24, 2.45) is 0 Å². The van der Waals surface area contributed by atoms with Gasteiger partial charge in [0.25, 0.3) is 0 Å². The number of benzene rings is 1. The van der Waals surface area contributed by atoms with E-state index in [2.05, 4.69) is 46.0 Å².